The molecule has 1 aliphatic carbocycles. The highest BCUT2D eigenvalue weighted by atomic mass is 14.9. The van der Waals surface area contributed by atoms with Crippen LogP contribution in [0.5, 0.6) is 0 Å². The smallest absolute Gasteiger partial charge is 0.160 e. The van der Waals surface area contributed by atoms with Crippen LogP contribution < -0.4 is 0 Å². The van der Waals surface area contributed by atoms with Gasteiger partial charge in [-0.2, -0.15) is 0 Å². The van der Waals surface area contributed by atoms with Crippen LogP contribution >= 0.6 is 0 Å². The Kier molecular flexibility index (Phi) is 8.00. The zero-order chi connectivity index (χ0) is 36.6. The van der Waals surface area contributed by atoms with Crippen LogP contribution in [0.3, 0.4) is 0 Å². The van der Waals surface area contributed by atoms with Gasteiger partial charge in [-0.05, 0) is 45.5 Å². The maximum Gasteiger partial charge on any atom is 0.160 e. The van der Waals surface area contributed by atoms with Crippen molar-refractivity contribution in [3.63, 3.8) is 0 Å². The molecule has 4 heteroatoms. The molecular weight excluding hydrogens is 669 g/mol. The van der Waals surface area contributed by atoms with Gasteiger partial charge in [0.2, 0.25) is 0 Å². The summed E-state index contributed by atoms with van der Waals surface area (Å²) in [5.74, 6) is 1.38. The number of rotatable bonds is 7. The molecule has 0 saturated heterocycles. The second-order valence-electron chi connectivity index (χ2n) is 13.8. The largest absolute Gasteiger partial charge is 0.236 e. The molecule has 4 nitrogen and oxygen atoms in total. The zero-order valence-electron chi connectivity index (χ0n) is 29.9. The first-order valence-corrected chi connectivity index (χ1v) is 18.6. The Morgan fingerprint density at radius 1 is 0.327 bits per heavy atom. The molecule has 0 aliphatic heterocycles. The van der Waals surface area contributed by atoms with Crippen LogP contribution in [0.2, 0.25) is 0 Å². The highest BCUT2D eigenvalue weighted by Gasteiger charge is 2.47. The minimum absolute atomic E-state index is 0.577. The molecule has 0 spiro atoms. The number of hydrogen-bond acceptors (Lipinski definition) is 4. The lowest BCUT2D eigenvalue weighted by molar-refractivity contribution is 0.736. The predicted molar refractivity (Wildman–Crippen MR) is 222 cm³/mol. The average molecular weight is 703 g/mol. The second-order valence-corrected chi connectivity index (χ2v) is 13.8. The molecule has 0 atom stereocenters. The summed E-state index contributed by atoms with van der Waals surface area (Å²) >= 11 is 0. The van der Waals surface area contributed by atoms with Crippen LogP contribution in [0.1, 0.15) is 22.4 Å². The summed E-state index contributed by atoms with van der Waals surface area (Å²) in [6, 6.07) is 69.8. The van der Waals surface area contributed by atoms with Crippen LogP contribution in [0, 0.1) is 0 Å². The van der Waals surface area contributed by atoms with Gasteiger partial charge in [0, 0.05) is 34.0 Å². The summed E-state index contributed by atoms with van der Waals surface area (Å²) in [6.45, 7) is 0. The molecule has 0 saturated carbocycles. The molecule has 0 fully saturated rings. The van der Waals surface area contributed by atoms with Crippen molar-refractivity contribution in [2.75, 3.05) is 0 Å². The van der Waals surface area contributed by atoms with Gasteiger partial charge in [0.05, 0.1) is 22.5 Å². The van der Waals surface area contributed by atoms with E-state index < -0.39 is 5.41 Å². The highest BCUT2D eigenvalue weighted by molar-refractivity contribution is 5.85. The molecule has 0 bridgehead atoms. The lowest BCUT2D eigenvalue weighted by Crippen LogP contribution is -2.29. The van der Waals surface area contributed by atoms with Gasteiger partial charge < -0.3 is 0 Å². The van der Waals surface area contributed by atoms with E-state index in [0.717, 1.165) is 56.0 Å². The quantitative estimate of drug-likeness (QED) is 0.166. The van der Waals surface area contributed by atoms with Crippen molar-refractivity contribution in [3.8, 4) is 67.5 Å². The van der Waals surface area contributed by atoms with Gasteiger partial charge in [0.1, 0.15) is 0 Å². The summed E-state index contributed by atoms with van der Waals surface area (Å²) in [4.78, 5) is 20.5. The second kappa shape index (κ2) is 13.6. The number of hydrogen-bond donors (Lipinski definition) is 0. The maximum atomic E-state index is 5.44. The molecule has 0 N–H and O–H groups in total. The molecule has 0 unspecified atom stereocenters. The lowest BCUT2D eigenvalue weighted by atomic mass is 9.69. The van der Waals surface area contributed by atoms with Gasteiger partial charge in [-0.15, -0.1) is 0 Å². The predicted octanol–water partition coefficient (Wildman–Crippen LogP) is 12.0. The molecule has 0 amide bonds. The normalized spacial score (nSPS) is 12.5. The van der Waals surface area contributed by atoms with E-state index in [9.17, 15) is 0 Å². The van der Waals surface area contributed by atoms with Gasteiger partial charge in [0.15, 0.2) is 11.6 Å². The van der Waals surface area contributed by atoms with E-state index in [1.807, 2.05) is 42.6 Å². The fraction of sp³-hybridized carbons (Fsp3) is 0.0196. The number of fused-ring (bicyclic) bond motifs is 3. The van der Waals surface area contributed by atoms with E-state index in [1.54, 1.807) is 0 Å². The Balaban J connectivity index is 1.04. The number of benzene rings is 7. The minimum Gasteiger partial charge on any atom is -0.236 e. The Bertz CT molecular complexity index is 2690. The van der Waals surface area contributed by atoms with Crippen LogP contribution in [0.15, 0.2) is 206 Å². The third kappa shape index (κ3) is 5.63. The third-order valence-electron chi connectivity index (χ3n) is 10.6. The monoisotopic (exact) mass is 702 g/mol. The highest BCUT2D eigenvalue weighted by Crippen LogP contribution is 2.55. The van der Waals surface area contributed by atoms with E-state index >= 15 is 0 Å². The van der Waals surface area contributed by atoms with Crippen molar-refractivity contribution in [1.82, 2.24) is 19.9 Å². The Morgan fingerprint density at radius 2 is 0.836 bits per heavy atom. The third-order valence-corrected chi connectivity index (χ3v) is 10.6. The SMILES string of the molecule is c1ccc(-c2cc(-c3ccccc3)nc(-c3cccc(-c4ccc(-c5ncc6c(n5)C(c5ccccc5)(c5ccccc5)c5ccccc5-6)cc4)c3)n2)cc1. The van der Waals surface area contributed by atoms with Crippen molar-refractivity contribution < 1.29 is 0 Å². The summed E-state index contributed by atoms with van der Waals surface area (Å²) in [7, 11) is 0. The molecule has 9 aromatic rings. The first kappa shape index (κ1) is 32.4. The molecule has 2 heterocycles. The molecule has 55 heavy (non-hydrogen) atoms. The summed E-state index contributed by atoms with van der Waals surface area (Å²) in [5, 5.41) is 0. The topological polar surface area (TPSA) is 51.6 Å². The summed E-state index contributed by atoms with van der Waals surface area (Å²) in [6.07, 6.45) is 2.01. The van der Waals surface area contributed by atoms with E-state index in [-0.39, 0.29) is 0 Å². The van der Waals surface area contributed by atoms with Crippen LogP contribution in [-0.4, -0.2) is 19.9 Å². The van der Waals surface area contributed by atoms with Gasteiger partial charge >= 0.3 is 0 Å². The van der Waals surface area contributed by atoms with Gasteiger partial charge in [0.25, 0.3) is 0 Å². The molecule has 258 valence electrons. The van der Waals surface area contributed by atoms with Crippen molar-refractivity contribution in [3.05, 3.63) is 229 Å². The van der Waals surface area contributed by atoms with E-state index in [1.165, 1.54) is 22.3 Å². The average Bonchev–Trinajstić information content (AvgIpc) is 3.58. The number of aromatic nitrogens is 4. The fourth-order valence-corrected chi connectivity index (χ4v) is 8.04. The maximum absolute atomic E-state index is 5.44. The van der Waals surface area contributed by atoms with Crippen molar-refractivity contribution in [1.29, 1.82) is 0 Å². The van der Waals surface area contributed by atoms with Gasteiger partial charge in [-0.1, -0.05) is 188 Å². The molecule has 1 aliphatic rings. The van der Waals surface area contributed by atoms with Gasteiger partial charge in [-0.3, -0.25) is 0 Å². The number of nitrogens with zero attached hydrogens (tertiary/aromatic N) is 4. The molecule has 2 aromatic heterocycles. The molecule has 0 radical (unpaired) electrons. The Morgan fingerprint density at radius 3 is 1.45 bits per heavy atom. The van der Waals surface area contributed by atoms with Crippen LogP contribution in [0.4, 0.5) is 0 Å². The summed E-state index contributed by atoms with van der Waals surface area (Å²) < 4.78 is 0. The standard InChI is InChI=1S/C51H34N4/c1-5-16-36(17-6-1)46-33-47(37-18-7-2-8-19-37)54-50(53-46)40-21-15-20-39(32-40)35-28-30-38(31-29-35)49-52-34-44-43-26-13-14-27-45(43)51(48(44)55-49,41-22-9-3-10-23-41)42-24-11-4-12-25-42/h1-34H. The Labute approximate surface area is 320 Å². The van der Waals surface area contributed by atoms with Crippen molar-refractivity contribution in [2.24, 2.45) is 0 Å². The minimum atomic E-state index is -0.577. The summed E-state index contributed by atoms with van der Waals surface area (Å²) in [5.41, 5.74) is 14.2. The Hall–Kier alpha value is -7.30. The zero-order valence-corrected chi connectivity index (χ0v) is 29.9. The van der Waals surface area contributed by atoms with Crippen molar-refractivity contribution >= 4 is 0 Å². The molecule has 10 rings (SSSR count). The molecule has 7 aromatic carbocycles. The molecular formula is C51H34N4. The van der Waals surface area contributed by atoms with Crippen molar-refractivity contribution in [2.45, 2.75) is 5.41 Å². The van der Waals surface area contributed by atoms with Crippen LogP contribution in [0.25, 0.3) is 67.5 Å². The van der Waals surface area contributed by atoms with Gasteiger partial charge in [-0.25, -0.2) is 19.9 Å². The lowest BCUT2D eigenvalue weighted by Gasteiger charge is -2.32. The van der Waals surface area contributed by atoms with E-state index in [4.69, 9.17) is 19.9 Å². The first-order valence-electron chi connectivity index (χ1n) is 18.6. The van der Waals surface area contributed by atoms with E-state index in [0.29, 0.717) is 11.6 Å². The fourth-order valence-electron chi connectivity index (χ4n) is 8.04. The van der Waals surface area contributed by atoms with E-state index in [2.05, 4.69) is 164 Å². The first-order chi connectivity index (χ1) is 27.3. The van der Waals surface area contributed by atoms with Crippen LogP contribution in [-0.2, 0) is 5.41 Å².